The summed E-state index contributed by atoms with van der Waals surface area (Å²) in [6.07, 6.45) is 10.2. The van der Waals surface area contributed by atoms with Gasteiger partial charge in [0, 0.05) is 0 Å². The second-order valence-electron chi connectivity index (χ2n) is 3.12. The highest BCUT2D eigenvalue weighted by Crippen LogP contribution is 2.35. The van der Waals surface area contributed by atoms with Crippen molar-refractivity contribution < 1.29 is 0 Å². The van der Waals surface area contributed by atoms with Gasteiger partial charge in [-0.15, -0.1) is 0 Å². The van der Waals surface area contributed by atoms with E-state index in [4.69, 9.17) is 0 Å². The van der Waals surface area contributed by atoms with E-state index in [9.17, 15) is 0 Å². The molecule has 0 amide bonds. The average Bonchev–Trinajstić information content (AvgIpc) is 2.12. The molecule has 0 saturated carbocycles. The fourth-order valence-corrected chi connectivity index (χ4v) is 1.48. The molecule has 3 nitrogen and oxygen atoms in total. The summed E-state index contributed by atoms with van der Waals surface area (Å²) in [4.78, 5) is 1.75. The zero-order chi connectivity index (χ0) is 7.61. The van der Waals surface area contributed by atoms with E-state index in [1.54, 1.807) is 17.2 Å². The van der Waals surface area contributed by atoms with Gasteiger partial charge in [0.25, 0.3) is 0 Å². The highest BCUT2D eigenvalue weighted by molar-refractivity contribution is 8.31. The monoisotopic (exact) mass is 159 g/mol. The van der Waals surface area contributed by atoms with Crippen LogP contribution in [0.2, 0.25) is 0 Å². The molecule has 4 heteroatoms. The van der Waals surface area contributed by atoms with E-state index in [1.807, 2.05) is 0 Å². The van der Waals surface area contributed by atoms with Gasteiger partial charge in [0.2, 0.25) is 0 Å². The number of nitrogens with zero attached hydrogens (tertiary/aromatic N) is 3. The summed E-state index contributed by atoms with van der Waals surface area (Å²) < 4.78 is 0. The first-order chi connectivity index (χ1) is 4.58. The summed E-state index contributed by atoms with van der Waals surface area (Å²) in [5.74, 6) is 0.958. The largest absolute Gasteiger partial charge is 0.229 e. The summed E-state index contributed by atoms with van der Waals surface area (Å²) in [5, 5.41) is 8.06. The molecule has 10 heavy (non-hydrogen) atoms. The second-order valence-corrected chi connectivity index (χ2v) is 7.56. The van der Waals surface area contributed by atoms with Crippen LogP contribution < -0.4 is 0 Å². The number of hydrogen-bond acceptors (Lipinski definition) is 2. The molecule has 1 heterocycles. The lowest BCUT2D eigenvalue weighted by Gasteiger charge is -2.23. The maximum absolute atomic E-state index is 4.03. The fourth-order valence-electron chi connectivity index (χ4n) is 0.656. The predicted molar refractivity (Wildman–Crippen MR) is 45.4 cm³/mol. The molecule has 0 fully saturated rings. The van der Waals surface area contributed by atoms with Crippen molar-refractivity contribution in [2.75, 3.05) is 18.8 Å². The minimum atomic E-state index is -0.509. The van der Waals surface area contributed by atoms with Crippen molar-refractivity contribution in [1.29, 1.82) is 0 Å². The molecule has 0 bridgehead atoms. The first kappa shape index (κ1) is 7.60. The molecule has 0 N–H and O–H groups in total. The zero-order valence-electron chi connectivity index (χ0n) is 6.61. The third kappa shape index (κ3) is 2.39. The van der Waals surface area contributed by atoms with E-state index in [0.717, 1.165) is 5.88 Å². The summed E-state index contributed by atoms with van der Waals surface area (Å²) in [6.45, 7) is 0. The van der Waals surface area contributed by atoms with E-state index in [2.05, 4.69) is 29.0 Å². The maximum atomic E-state index is 4.03. The van der Waals surface area contributed by atoms with E-state index in [-0.39, 0.29) is 0 Å². The van der Waals surface area contributed by atoms with Gasteiger partial charge in [0.1, 0.15) is 0 Å². The highest BCUT2D eigenvalue weighted by atomic mass is 32.3. The Hall–Kier alpha value is -0.510. The molecule has 0 radical (unpaired) electrons. The number of hydrogen-bond donors (Lipinski definition) is 0. The lowest BCUT2D eigenvalue weighted by atomic mass is 11.0. The van der Waals surface area contributed by atoms with Gasteiger partial charge < -0.3 is 0 Å². The minimum absolute atomic E-state index is 0.509. The van der Waals surface area contributed by atoms with Crippen molar-refractivity contribution in [2.45, 2.75) is 5.88 Å². The predicted octanol–water partition coefficient (Wildman–Crippen LogP) is 0.930. The first-order valence-electron chi connectivity index (χ1n) is 3.08. The fraction of sp³-hybridized carbons (Fsp3) is 0.667. The van der Waals surface area contributed by atoms with Gasteiger partial charge in [-0.3, -0.25) is 0 Å². The van der Waals surface area contributed by atoms with Gasteiger partial charge in [-0.05, 0) is 18.8 Å². The lowest BCUT2D eigenvalue weighted by molar-refractivity contribution is 0.637. The van der Waals surface area contributed by atoms with Crippen molar-refractivity contribution in [3.05, 3.63) is 12.4 Å². The Balaban J connectivity index is 2.57. The molecule has 0 aliphatic rings. The van der Waals surface area contributed by atoms with Crippen LogP contribution in [0.5, 0.6) is 0 Å². The minimum Gasteiger partial charge on any atom is -0.229 e. The van der Waals surface area contributed by atoms with E-state index < -0.39 is 10.0 Å². The SMILES string of the molecule is CS(C)(C)Cn1nccn1. The van der Waals surface area contributed by atoms with Crippen LogP contribution >= 0.6 is 10.0 Å². The molecule has 0 aromatic carbocycles. The van der Waals surface area contributed by atoms with Crippen LogP contribution in [0.1, 0.15) is 0 Å². The molecular formula is C6H13N3S. The summed E-state index contributed by atoms with van der Waals surface area (Å²) in [7, 11) is -0.509. The van der Waals surface area contributed by atoms with E-state index in [0.29, 0.717) is 0 Å². The van der Waals surface area contributed by atoms with Crippen molar-refractivity contribution in [2.24, 2.45) is 0 Å². The number of aromatic nitrogens is 3. The smallest absolute Gasteiger partial charge is 0.0904 e. The van der Waals surface area contributed by atoms with Crippen molar-refractivity contribution in [3.8, 4) is 0 Å². The summed E-state index contributed by atoms with van der Waals surface area (Å²) in [5.41, 5.74) is 0. The van der Waals surface area contributed by atoms with Gasteiger partial charge in [-0.25, -0.2) is 10.0 Å². The van der Waals surface area contributed by atoms with Crippen LogP contribution in [-0.2, 0) is 5.88 Å². The standard InChI is InChI=1S/C6H13N3S/c1-10(2,3)6-9-7-4-5-8-9/h4-5H,6H2,1-3H3. The average molecular weight is 159 g/mol. The molecule has 1 aromatic rings. The Morgan fingerprint density at radius 2 is 1.70 bits per heavy atom. The second kappa shape index (κ2) is 2.62. The number of rotatable bonds is 2. The van der Waals surface area contributed by atoms with E-state index in [1.165, 1.54) is 0 Å². The Kier molecular flexibility index (Phi) is 1.99. The van der Waals surface area contributed by atoms with Crippen molar-refractivity contribution in [1.82, 2.24) is 15.0 Å². The van der Waals surface area contributed by atoms with E-state index >= 15 is 0 Å². The van der Waals surface area contributed by atoms with Crippen LogP contribution in [0.25, 0.3) is 0 Å². The van der Waals surface area contributed by atoms with Gasteiger partial charge in [0.05, 0.1) is 18.3 Å². The Morgan fingerprint density at radius 1 is 1.20 bits per heavy atom. The van der Waals surface area contributed by atoms with Crippen molar-refractivity contribution >= 4 is 10.0 Å². The van der Waals surface area contributed by atoms with Crippen LogP contribution in [-0.4, -0.2) is 33.8 Å². The first-order valence-corrected chi connectivity index (χ1v) is 6.11. The topological polar surface area (TPSA) is 30.7 Å². The molecule has 0 aliphatic heterocycles. The Morgan fingerprint density at radius 3 is 2.10 bits per heavy atom. The molecule has 0 spiro atoms. The molecule has 0 atom stereocenters. The van der Waals surface area contributed by atoms with Crippen LogP contribution in [0, 0.1) is 0 Å². The molecule has 58 valence electrons. The highest BCUT2D eigenvalue weighted by Gasteiger charge is 2.04. The van der Waals surface area contributed by atoms with Crippen LogP contribution in [0.15, 0.2) is 12.4 Å². The van der Waals surface area contributed by atoms with Crippen LogP contribution in [0.4, 0.5) is 0 Å². The zero-order valence-corrected chi connectivity index (χ0v) is 7.43. The molecule has 0 unspecified atom stereocenters. The normalized spacial score (nSPS) is 13.5. The van der Waals surface area contributed by atoms with Crippen LogP contribution in [0.3, 0.4) is 0 Å². The third-order valence-corrected chi connectivity index (χ3v) is 1.97. The molecule has 0 saturated heterocycles. The Bertz CT molecular complexity index is 187. The lowest BCUT2D eigenvalue weighted by Crippen LogP contribution is -2.07. The van der Waals surface area contributed by atoms with Gasteiger partial charge in [-0.1, -0.05) is 0 Å². The van der Waals surface area contributed by atoms with Gasteiger partial charge >= 0.3 is 0 Å². The van der Waals surface area contributed by atoms with Gasteiger partial charge in [-0.2, -0.15) is 15.0 Å². The quantitative estimate of drug-likeness (QED) is 0.642. The van der Waals surface area contributed by atoms with Crippen molar-refractivity contribution in [3.63, 3.8) is 0 Å². The third-order valence-electron chi connectivity index (χ3n) is 0.969. The summed E-state index contributed by atoms with van der Waals surface area (Å²) in [6, 6.07) is 0. The molecule has 1 aromatic heterocycles. The van der Waals surface area contributed by atoms with Gasteiger partial charge in [0.15, 0.2) is 0 Å². The molecule has 1 rings (SSSR count). The Labute approximate surface area is 62.7 Å². The maximum Gasteiger partial charge on any atom is 0.0904 e. The summed E-state index contributed by atoms with van der Waals surface area (Å²) >= 11 is 0. The molecular weight excluding hydrogens is 146 g/mol. The molecule has 0 aliphatic carbocycles.